The van der Waals surface area contributed by atoms with Crippen molar-refractivity contribution in [1.29, 1.82) is 0 Å². The first kappa shape index (κ1) is 19.1. The van der Waals surface area contributed by atoms with Crippen molar-refractivity contribution < 1.29 is 0 Å². The topological polar surface area (TPSA) is 37.0 Å². The molecule has 1 aliphatic rings. The number of rotatable bonds is 2. The SMILES string of the molecule is Cc1cccc(NC2CCNCC2)n1.Cl.Cl.Cl. The van der Waals surface area contributed by atoms with Crippen LogP contribution in [0, 0.1) is 6.92 Å². The molecule has 0 spiro atoms. The monoisotopic (exact) mass is 299 g/mol. The maximum absolute atomic E-state index is 4.44. The molecule has 0 unspecified atom stereocenters. The van der Waals surface area contributed by atoms with Gasteiger partial charge in [-0.1, -0.05) is 6.07 Å². The van der Waals surface area contributed by atoms with Crippen LogP contribution in [0.15, 0.2) is 18.2 Å². The molecule has 1 aromatic heterocycles. The third-order valence-electron chi connectivity index (χ3n) is 2.58. The van der Waals surface area contributed by atoms with Gasteiger partial charge in [-0.15, -0.1) is 37.2 Å². The molecule has 1 fully saturated rings. The molecule has 0 aliphatic carbocycles. The highest BCUT2D eigenvalue weighted by atomic mass is 35.5. The van der Waals surface area contributed by atoms with Crippen LogP contribution < -0.4 is 10.6 Å². The van der Waals surface area contributed by atoms with Gasteiger partial charge >= 0.3 is 0 Å². The first-order valence-electron chi connectivity index (χ1n) is 5.25. The van der Waals surface area contributed by atoms with Crippen molar-refractivity contribution in [2.45, 2.75) is 25.8 Å². The van der Waals surface area contributed by atoms with E-state index >= 15 is 0 Å². The fraction of sp³-hybridized carbons (Fsp3) is 0.545. The Balaban J connectivity index is 0. The quantitative estimate of drug-likeness (QED) is 0.882. The van der Waals surface area contributed by atoms with E-state index in [2.05, 4.69) is 15.6 Å². The number of piperidine rings is 1. The van der Waals surface area contributed by atoms with Gasteiger partial charge in [0.1, 0.15) is 5.82 Å². The lowest BCUT2D eigenvalue weighted by Gasteiger charge is -2.24. The van der Waals surface area contributed by atoms with Gasteiger partial charge in [0.15, 0.2) is 0 Å². The lowest BCUT2D eigenvalue weighted by molar-refractivity contribution is 0.478. The second kappa shape index (κ2) is 9.77. The minimum Gasteiger partial charge on any atom is -0.367 e. The summed E-state index contributed by atoms with van der Waals surface area (Å²) in [7, 11) is 0. The molecule has 0 atom stereocenters. The summed E-state index contributed by atoms with van der Waals surface area (Å²) in [6.45, 7) is 4.25. The molecule has 2 heterocycles. The van der Waals surface area contributed by atoms with Crippen molar-refractivity contribution in [3.05, 3.63) is 23.9 Å². The number of hydrogen-bond acceptors (Lipinski definition) is 3. The molecule has 17 heavy (non-hydrogen) atoms. The third-order valence-corrected chi connectivity index (χ3v) is 2.58. The highest BCUT2D eigenvalue weighted by Gasteiger charge is 2.12. The van der Waals surface area contributed by atoms with Crippen LogP contribution in [-0.2, 0) is 0 Å². The maximum atomic E-state index is 4.44. The Morgan fingerprint density at radius 1 is 1.18 bits per heavy atom. The second-order valence-corrected chi connectivity index (χ2v) is 3.83. The summed E-state index contributed by atoms with van der Waals surface area (Å²) in [6.07, 6.45) is 2.38. The zero-order valence-electron chi connectivity index (χ0n) is 9.81. The molecule has 1 saturated heterocycles. The van der Waals surface area contributed by atoms with Crippen LogP contribution in [0.2, 0.25) is 0 Å². The lowest BCUT2D eigenvalue weighted by atomic mass is 10.1. The minimum absolute atomic E-state index is 0. The highest BCUT2D eigenvalue weighted by molar-refractivity contribution is 5.86. The van der Waals surface area contributed by atoms with Crippen LogP contribution in [0.3, 0.4) is 0 Å². The molecule has 6 heteroatoms. The normalized spacial score (nSPS) is 14.9. The van der Waals surface area contributed by atoms with Gasteiger partial charge in [-0.2, -0.15) is 0 Å². The van der Waals surface area contributed by atoms with Gasteiger partial charge in [0.2, 0.25) is 0 Å². The highest BCUT2D eigenvalue weighted by Crippen LogP contribution is 2.11. The Hall–Kier alpha value is -0.220. The predicted octanol–water partition coefficient (Wildman–Crippen LogP) is 2.82. The number of nitrogens with one attached hydrogen (secondary N) is 2. The summed E-state index contributed by atoms with van der Waals surface area (Å²) in [4.78, 5) is 4.44. The Morgan fingerprint density at radius 2 is 1.82 bits per heavy atom. The number of hydrogen-bond donors (Lipinski definition) is 2. The average molecular weight is 301 g/mol. The van der Waals surface area contributed by atoms with E-state index in [1.807, 2.05) is 25.1 Å². The van der Waals surface area contributed by atoms with Crippen molar-refractivity contribution >= 4 is 43.0 Å². The fourth-order valence-electron chi connectivity index (χ4n) is 1.80. The summed E-state index contributed by atoms with van der Waals surface area (Å²) in [6, 6.07) is 6.69. The maximum Gasteiger partial charge on any atom is 0.126 e. The Bertz CT molecular complexity index is 304. The minimum atomic E-state index is 0. The molecular weight excluding hydrogens is 281 g/mol. The van der Waals surface area contributed by atoms with E-state index in [0.29, 0.717) is 6.04 Å². The smallest absolute Gasteiger partial charge is 0.126 e. The van der Waals surface area contributed by atoms with E-state index in [9.17, 15) is 0 Å². The molecule has 0 radical (unpaired) electrons. The Morgan fingerprint density at radius 3 is 2.41 bits per heavy atom. The molecule has 0 aromatic carbocycles. The first-order valence-corrected chi connectivity index (χ1v) is 5.25. The lowest BCUT2D eigenvalue weighted by Crippen LogP contribution is -2.35. The zero-order valence-corrected chi connectivity index (χ0v) is 12.3. The number of pyridine rings is 1. The van der Waals surface area contributed by atoms with Crippen LogP contribution in [-0.4, -0.2) is 24.1 Å². The summed E-state index contributed by atoms with van der Waals surface area (Å²) >= 11 is 0. The van der Waals surface area contributed by atoms with E-state index in [4.69, 9.17) is 0 Å². The van der Waals surface area contributed by atoms with Gasteiger partial charge < -0.3 is 10.6 Å². The molecule has 0 bridgehead atoms. The molecule has 0 amide bonds. The third kappa shape index (κ3) is 6.32. The number of nitrogens with zero attached hydrogens (tertiary/aromatic N) is 1. The summed E-state index contributed by atoms with van der Waals surface area (Å²) in [5.41, 5.74) is 1.07. The van der Waals surface area contributed by atoms with E-state index < -0.39 is 0 Å². The molecule has 1 aromatic rings. The number of halogens is 3. The van der Waals surface area contributed by atoms with Crippen LogP contribution in [0.4, 0.5) is 5.82 Å². The zero-order chi connectivity index (χ0) is 9.80. The van der Waals surface area contributed by atoms with Crippen molar-refractivity contribution in [2.24, 2.45) is 0 Å². The van der Waals surface area contributed by atoms with Crippen LogP contribution in [0.1, 0.15) is 18.5 Å². The van der Waals surface area contributed by atoms with E-state index in [-0.39, 0.29) is 37.2 Å². The van der Waals surface area contributed by atoms with Gasteiger partial charge in [0, 0.05) is 11.7 Å². The van der Waals surface area contributed by atoms with Gasteiger partial charge in [-0.25, -0.2) is 4.98 Å². The van der Waals surface area contributed by atoms with E-state index in [1.165, 1.54) is 12.8 Å². The van der Waals surface area contributed by atoms with Gasteiger partial charge in [-0.05, 0) is 45.0 Å². The average Bonchev–Trinajstić information content (AvgIpc) is 2.19. The summed E-state index contributed by atoms with van der Waals surface area (Å²) in [5, 5.41) is 6.82. The van der Waals surface area contributed by atoms with Crippen molar-refractivity contribution in [2.75, 3.05) is 18.4 Å². The standard InChI is InChI=1S/C11H17N3.3ClH/c1-9-3-2-4-11(13-9)14-10-5-7-12-8-6-10;;;/h2-4,10,12H,5-8H2,1H3,(H,13,14);3*1H. The van der Waals surface area contributed by atoms with Gasteiger partial charge in [0.05, 0.1) is 0 Å². The molecule has 100 valence electrons. The molecule has 2 N–H and O–H groups in total. The first-order chi connectivity index (χ1) is 6.84. The number of aryl methyl sites for hydroxylation is 1. The molecule has 0 saturated carbocycles. The van der Waals surface area contributed by atoms with Gasteiger partial charge in [0.25, 0.3) is 0 Å². The largest absolute Gasteiger partial charge is 0.367 e. The van der Waals surface area contributed by atoms with Crippen LogP contribution in [0.25, 0.3) is 0 Å². The molecular formula is C11H20Cl3N3. The molecule has 2 rings (SSSR count). The molecule has 3 nitrogen and oxygen atoms in total. The fourth-order valence-corrected chi connectivity index (χ4v) is 1.80. The van der Waals surface area contributed by atoms with Crippen molar-refractivity contribution in [1.82, 2.24) is 10.3 Å². The van der Waals surface area contributed by atoms with E-state index in [1.54, 1.807) is 0 Å². The second-order valence-electron chi connectivity index (χ2n) is 3.83. The van der Waals surface area contributed by atoms with Crippen LogP contribution in [0.5, 0.6) is 0 Å². The van der Waals surface area contributed by atoms with Crippen LogP contribution >= 0.6 is 37.2 Å². The summed E-state index contributed by atoms with van der Waals surface area (Å²) in [5.74, 6) is 1.01. The predicted molar refractivity (Wildman–Crippen MR) is 80.2 cm³/mol. The molecule has 1 aliphatic heterocycles. The van der Waals surface area contributed by atoms with Crippen molar-refractivity contribution in [3.8, 4) is 0 Å². The van der Waals surface area contributed by atoms with E-state index in [0.717, 1.165) is 24.6 Å². The van der Waals surface area contributed by atoms with Crippen molar-refractivity contribution in [3.63, 3.8) is 0 Å². The van der Waals surface area contributed by atoms with Gasteiger partial charge in [-0.3, -0.25) is 0 Å². The Labute approximate surface area is 121 Å². The number of anilines is 1. The summed E-state index contributed by atoms with van der Waals surface area (Å²) < 4.78 is 0. The number of aromatic nitrogens is 1. The Kier molecular flexibility index (Phi) is 11.0.